The van der Waals surface area contributed by atoms with Gasteiger partial charge in [-0.15, -0.1) is 0 Å². The molecule has 0 fully saturated rings. The summed E-state index contributed by atoms with van der Waals surface area (Å²) in [4.78, 5) is 32.6. The Morgan fingerprint density at radius 1 is 1.35 bits per heavy atom. The third-order valence-corrected chi connectivity index (χ3v) is 5.12. The number of rotatable bonds is 4. The third-order valence-electron chi connectivity index (χ3n) is 4.11. The number of aromatic nitrogens is 2. The number of aromatic amines is 1. The van der Waals surface area contributed by atoms with Gasteiger partial charge in [0.25, 0.3) is 5.56 Å². The fourth-order valence-electron chi connectivity index (χ4n) is 3.01. The number of anilines is 1. The fourth-order valence-corrected chi connectivity index (χ4v) is 3.73. The minimum absolute atomic E-state index is 0.285. The highest BCUT2D eigenvalue weighted by Gasteiger charge is 2.36. The van der Waals surface area contributed by atoms with Crippen molar-refractivity contribution in [3.63, 3.8) is 0 Å². The van der Waals surface area contributed by atoms with Crippen LogP contribution in [0.3, 0.4) is 0 Å². The number of fused-ring (bicyclic) bond motifs is 1. The molecule has 1 aliphatic heterocycles. The summed E-state index contributed by atoms with van der Waals surface area (Å²) in [6.45, 7) is 3.75. The molecule has 0 saturated heterocycles. The Kier molecular flexibility index (Phi) is 5.38. The maximum absolute atomic E-state index is 12.8. The van der Waals surface area contributed by atoms with Crippen LogP contribution in [0, 0.1) is 0 Å². The number of allylic oxidation sites excluding steroid dienone is 1. The minimum Gasteiger partial charge on any atom is -0.466 e. The van der Waals surface area contributed by atoms with E-state index in [4.69, 9.17) is 16.3 Å². The van der Waals surface area contributed by atoms with Gasteiger partial charge in [-0.1, -0.05) is 42.4 Å². The zero-order valence-electron chi connectivity index (χ0n) is 14.6. The molecular formula is C18H18ClN3O3S. The van der Waals surface area contributed by atoms with Crippen LogP contribution >= 0.6 is 23.4 Å². The molecular weight excluding hydrogens is 374 g/mol. The van der Waals surface area contributed by atoms with Gasteiger partial charge in [-0.2, -0.15) is 0 Å². The van der Waals surface area contributed by atoms with Crippen molar-refractivity contribution in [1.82, 2.24) is 9.97 Å². The monoisotopic (exact) mass is 391 g/mol. The quantitative estimate of drug-likeness (QED) is 0.471. The van der Waals surface area contributed by atoms with Gasteiger partial charge in [-0.25, -0.2) is 9.78 Å². The summed E-state index contributed by atoms with van der Waals surface area (Å²) < 4.78 is 4.95. The number of nitrogens with one attached hydrogen (secondary N) is 2. The molecule has 0 spiro atoms. The Balaban J connectivity index is 2.25. The molecule has 0 radical (unpaired) electrons. The SMILES string of the molecule is CCSc1nc2c(c(=O)[nH]1)C(c1ccc(Cl)cc1)C(C(=O)OC)=C(C)N2. The number of thioether (sulfide) groups is 1. The van der Waals surface area contributed by atoms with E-state index >= 15 is 0 Å². The van der Waals surface area contributed by atoms with E-state index in [0.717, 1.165) is 11.3 Å². The number of hydrogen-bond acceptors (Lipinski definition) is 6. The average molecular weight is 392 g/mol. The van der Waals surface area contributed by atoms with Crippen LogP contribution in [0.25, 0.3) is 0 Å². The second-order valence-corrected chi connectivity index (χ2v) is 7.40. The number of methoxy groups -OCH3 is 1. The molecule has 3 rings (SSSR count). The van der Waals surface area contributed by atoms with Crippen molar-refractivity contribution in [1.29, 1.82) is 0 Å². The molecule has 2 aromatic rings. The molecule has 0 amide bonds. The summed E-state index contributed by atoms with van der Waals surface area (Å²) in [6.07, 6.45) is 0. The van der Waals surface area contributed by atoms with Crippen molar-refractivity contribution in [3.05, 3.63) is 62.0 Å². The van der Waals surface area contributed by atoms with E-state index in [1.807, 2.05) is 6.92 Å². The van der Waals surface area contributed by atoms with Gasteiger partial charge in [-0.05, 0) is 30.4 Å². The average Bonchev–Trinajstić information content (AvgIpc) is 2.61. The van der Waals surface area contributed by atoms with Crippen LogP contribution in [-0.4, -0.2) is 28.8 Å². The van der Waals surface area contributed by atoms with Crippen LogP contribution in [0.2, 0.25) is 5.02 Å². The fraction of sp³-hybridized carbons (Fsp3) is 0.278. The van der Waals surface area contributed by atoms with Crippen molar-refractivity contribution in [2.45, 2.75) is 24.9 Å². The standard InChI is InChI=1S/C18H18ClN3O3S/c1-4-26-18-21-15-14(16(23)22-18)13(10-5-7-11(19)8-6-10)12(9(2)20-15)17(24)25-3/h5-8,13H,4H2,1-3H3,(H2,20,21,22,23). The summed E-state index contributed by atoms with van der Waals surface area (Å²) in [7, 11) is 1.32. The van der Waals surface area contributed by atoms with Gasteiger partial charge >= 0.3 is 5.97 Å². The molecule has 2 heterocycles. The summed E-state index contributed by atoms with van der Waals surface area (Å²) in [6, 6.07) is 7.05. The predicted octanol–water partition coefficient (Wildman–Crippen LogP) is 3.54. The van der Waals surface area contributed by atoms with E-state index < -0.39 is 11.9 Å². The van der Waals surface area contributed by atoms with Crippen LogP contribution < -0.4 is 10.9 Å². The summed E-state index contributed by atoms with van der Waals surface area (Å²) >= 11 is 7.44. The maximum atomic E-state index is 12.8. The van der Waals surface area contributed by atoms with E-state index in [9.17, 15) is 9.59 Å². The first kappa shape index (κ1) is 18.5. The van der Waals surface area contributed by atoms with E-state index in [1.165, 1.54) is 18.9 Å². The molecule has 1 atom stereocenters. The number of carbonyl (C=O) groups excluding carboxylic acids is 1. The highest BCUT2D eigenvalue weighted by atomic mass is 35.5. The Morgan fingerprint density at radius 2 is 2.04 bits per heavy atom. The van der Waals surface area contributed by atoms with Crippen LogP contribution in [0.5, 0.6) is 0 Å². The van der Waals surface area contributed by atoms with Crippen molar-refractivity contribution in [2.75, 3.05) is 18.2 Å². The molecule has 8 heteroatoms. The van der Waals surface area contributed by atoms with Crippen LogP contribution in [-0.2, 0) is 9.53 Å². The minimum atomic E-state index is -0.590. The van der Waals surface area contributed by atoms with E-state index in [-0.39, 0.29) is 5.56 Å². The van der Waals surface area contributed by atoms with Crippen molar-refractivity contribution in [2.24, 2.45) is 0 Å². The molecule has 6 nitrogen and oxygen atoms in total. The molecule has 0 aliphatic carbocycles. The van der Waals surface area contributed by atoms with E-state index in [0.29, 0.717) is 32.8 Å². The molecule has 0 saturated carbocycles. The number of nitrogens with zero attached hydrogens (tertiary/aromatic N) is 1. The van der Waals surface area contributed by atoms with Crippen molar-refractivity contribution in [3.8, 4) is 0 Å². The molecule has 26 heavy (non-hydrogen) atoms. The lowest BCUT2D eigenvalue weighted by molar-refractivity contribution is -0.136. The lowest BCUT2D eigenvalue weighted by Gasteiger charge is -2.28. The number of H-pyrrole nitrogens is 1. The maximum Gasteiger partial charge on any atom is 0.336 e. The Labute approximate surface area is 160 Å². The van der Waals surface area contributed by atoms with E-state index in [1.54, 1.807) is 31.2 Å². The van der Waals surface area contributed by atoms with Crippen LogP contribution in [0.15, 0.2) is 45.5 Å². The number of carbonyl (C=O) groups is 1. The van der Waals surface area contributed by atoms with Gasteiger partial charge < -0.3 is 15.0 Å². The Hall–Kier alpha value is -2.25. The van der Waals surface area contributed by atoms with Gasteiger partial charge in [0.2, 0.25) is 0 Å². The lowest BCUT2D eigenvalue weighted by Crippen LogP contribution is -2.30. The normalized spacial score (nSPS) is 16.1. The molecule has 1 aliphatic rings. The van der Waals surface area contributed by atoms with Crippen molar-refractivity contribution >= 4 is 35.1 Å². The number of ether oxygens (including phenoxy) is 1. The highest BCUT2D eigenvalue weighted by molar-refractivity contribution is 7.99. The lowest BCUT2D eigenvalue weighted by atomic mass is 9.82. The summed E-state index contributed by atoms with van der Waals surface area (Å²) in [5.41, 5.74) is 1.85. The van der Waals surface area contributed by atoms with Gasteiger partial charge in [0.15, 0.2) is 5.16 Å². The zero-order chi connectivity index (χ0) is 18.8. The van der Waals surface area contributed by atoms with Crippen LogP contribution in [0.4, 0.5) is 5.82 Å². The number of halogens is 1. The molecule has 1 aromatic carbocycles. The van der Waals surface area contributed by atoms with Crippen molar-refractivity contribution < 1.29 is 9.53 Å². The first-order valence-electron chi connectivity index (χ1n) is 8.04. The second kappa shape index (κ2) is 7.55. The van der Waals surface area contributed by atoms with Gasteiger partial charge in [0.1, 0.15) is 5.82 Å². The number of hydrogen-bond donors (Lipinski definition) is 2. The third kappa shape index (κ3) is 3.37. The molecule has 2 N–H and O–H groups in total. The summed E-state index contributed by atoms with van der Waals surface area (Å²) in [5, 5.41) is 4.19. The zero-order valence-corrected chi connectivity index (χ0v) is 16.1. The summed E-state index contributed by atoms with van der Waals surface area (Å²) in [5.74, 6) is 0.152. The molecule has 0 bridgehead atoms. The number of benzene rings is 1. The largest absolute Gasteiger partial charge is 0.466 e. The highest BCUT2D eigenvalue weighted by Crippen LogP contribution is 2.40. The van der Waals surface area contributed by atoms with E-state index in [2.05, 4.69) is 15.3 Å². The smallest absolute Gasteiger partial charge is 0.336 e. The van der Waals surface area contributed by atoms with Gasteiger partial charge in [0, 0.05) is 10.7 Å². The van der Waals surface area contributed by atoms with Crippen LogP contribution in [0.1, 0.15) is 30.9 Å². The number of esters is 1. The molecule has 1 unspecified atom stereocenters. The second-order valence-electron chi connectivity index (χ2n) is 5.71. The molecule has 136 valence electrons. The van der Waals surface area contributed by atoms with Gasteiger partial charge in [-0.3, -0.25) is 4.79 Å². The first-order chi connectivity index (χ1) is 12.5. The predicted molar refractivity (Wildman–Crippen MR) is 103 cm³/mol. The first-order valence-corrected chi connectivity index (χ1v) is 9.41. The van der Waals surface area contributed by atoms with Gasteiger partial charge in [0.05, 0.1) is 24.2 Å². The topological polar surface area (TPSA) is 84.1 Å². The Bertz CT molecular complexity index is 938. The molecule has 1 aromatic heterocycles. The Morgan fingerprint density at radius 3 is 2.65 bits per heavy atom.